The van der Waals surface area contributed by atoms with Gasteiger partial charge in [-0.25, -0.2) is 0 Å². The molecule has 0 aromatic heterocycles. The maximum atomic E-state index is 8.98. The average molecular weight is 294 g/mol. The van der Waals surface area contributed by atoms with Crippen LogP contribution >= 0.6 is 15.9 Å². The molecule has 1 N–H and O–H groups in total. The summed E-state index contributed by atoms with van der Waals surface area (Å²) in [5.74, 6) is 0. The van der Waals surface area contributed by atoms with Gasteiger partial charge >= 0.3 is 0 Å². The lowest BCUT2D eigenvalue weighted by molar-refractivity contribution is 0.443. The largest absolute Gasteiger partial charge is 0.371 e. The van der Waals surface area contributed by atoms with Crippen LogP contribution in [0.2, 0.25) is 0 Å². The fourth-order valence-electron chi connectivity index (χ4n) is 2.25. The first-order chi connectivity index (χ1) is 8.20. The third kappa shape index (κ3) is 2.99. The lowest BCUT2D eigenvalue weighted by atomic mass is 10.0. The van der Waals surface area contributed by atoms with Crippen molar-refractivity contribution >= 4 is 21.6 Å². The van der Waals surface area contributed by atoms with Gasteiger partial charge in [0, 0.05) is 23.2 Å². The SMILES string of the molecule is CN(c1cc(Br)cc(C#N)c1)C1CCNCC1. The van der Waals surface area contributed by atoms with Crippen LogP contribution in [0.5, 0.6) is 0 Å². The summed E-state index contributed by atoms with van der Waals surface area (Å²) in [6.45, 7) is 2.15. The van der Waals surface area contributed by atoms with E-state index in [1.165, 1.54) is 0 Å². The Bertz CT molecular complexity index is 433. The summed E-state index contributed by atoms with van der Waals surface area (Å²) in [7, 11) is 2.11. The number of hydrogen-bond acceptors (Lipinski definition) is 3. The molecule has 2 rings (SSSR count). The number of piperidine rings is 1. The van der Waals surface area contributed by atoms with Crippen LogP contribution in [-0.4, -0.2) is 26.2 Å². The molecule has 0 radical (unpaired) electrons. The third-order valence-electron chi connectivity index (χ3n) is 3.28. The molecule has 1 heterocycles. The van der Waals surface area contributed by atoms with Crippen LogP contribution in [0.15, 0.2) is 22.7 Å². The van der Waals surface area contributed by atoms with Crippen molar-refractivity contribution in [1.29, 1.82) is 5.26 Å². The van der Waals surface area contributed by atoms with E-state index in [0.717, 1.165) is 36.1 Å². The smallest absolute Gasteiger partial charge is 0.0992 e. The van der Waals surface area contributed by atoms with Crippen molar-refractivity contribution in [2.45, 2.75) is 18.9 Å². The van der Waals surface area contributed by atoms with E-state index in [1.807, 2.05) is 12.1 Å². The van der Waals surface area contributed by atoms with Crippen LogP contribution in [-0.2, 0) is 0 Å². The Morgan fingerprint density at radius 1 is 1.35 bits per heavy atom. The quantitative estimate of drug-likeness (QED) is 0.911. The van der Waals surface area contributed by atoms with E-state index in [1.54, 1.807) is 0 Å². The van der Waals surface area contributed by atoms with Crippen LogP contribution in [0.25, 0.3) is 0 Å². The Balaban J connectivity index is 2.20. The highest BCUT2D eigenvalue weighted by atomic mass is 79.9. The second kappa shape index (κ2) is 5.52. The number of rotatable bonds is 2. The fourth-order valence-corrected chi connectivity index (χ4v) is 2.73. The van der Waals surface area contributed by atoms with Crippen LogP contribution in [0, 0.1) is 11.3 Å². The van der Waals surface area contributed by atoms with E-state index in [0.29, 0.717) is 11.6 Å². The molecule has 1 aromatic carbocycles. The molecule has 0 amide bonds. The monoisotopic (exact) mass is 293 g/mol. The topological polar surface area (TPSA) is 39.1 Å². The Morgan fingerprint density at radius 3 is 2.71 bits per heavy atom. The molecule has 1 aromatic rings. The lowest BCUT2D eigenvalue weighted by Gasteiger charge is -2.33. The van der Waals surface area contributed by atoms with Crippen LogP contribution in [0.4, 0.5) is 5.69 Å². The molecule has 3 nitrogen and oxygen atoms in total. The minimum atomic E-state index is 0.567. The first-order valence-electron chi connectivity index (χ1n) is 5.85. The van der Waals surface area contributed by atoms with Gasteiger partial charge in [-0.1, -0.05) is 15.9 Å². The van der Waals surface area contributed by atoms with E-state index < -0.39 is 0 Å². The number of nitrogens with one attached hydrogen (secondary N) is 1. The Labute approximate surface area is 111 Å². The fraction of sp³-hybridized carbons (Fsp3) is 0.462. The zero-order chi connectivity index (χ0) is 12.3. The highest BCUT2D eigenvalue weighted by molar-refractivity contribution is 9.10. The van der Waals surface area contributed by atoms with Gasteiger partial charge < -0.3 is 10.2 Å². The molecule has 1 saturated heterocycles. The standard InChI is InChI=1S/C13H16BrN3/c1-17(12-2-4-16-5-3-12)13-7-10(9-15)6-11(14)8-13/h6-8,12,16H,2-5H2,1H3. The van der Waals surface area contributed by atoms with Crippen LogP contribution in [0.1, 0.15) is 18.4 Å². The molecule has 0 spiro atoms. The lowest BCUT2D eigenvalue weighted by Crippen LogP contribution is -2.41. The van der Waals surface area contributed by atoms with Gasteiger partial charge in [-0.3, -0.25) is 0 Å². The predicted molar refractivity (Wildman–Crippen MR) is 73.2 cm³/mol. The van der Waals surface area contributed by atoms with Crippen molar-refractivity contribution in [2.24, 2.45) is 0 Å². The van der Waals surface area contributed by atoms with Gasteiger partial charge in [0.2, 0.25) is 0 Å². The third-order valence-corrected chi connectivity index (χ3v) is 3.73. The molecular formula is C13H16BrN3. The van der Waals surface area contributed by atoms with Crippen molar-refractivity contribution in [3.05, 3.63) is 28.2 Å². The molecule has 4 heteroatoms. The molecule has 0 aliphatic carbocycles. The molecule has 0 bridgehead atoms. The van der Waals surface area contributed by atoms with Crippen LogP contribution in [0.3, 0.4) is 0 Å². The summed E-state index contributed by atoms with van der Waals surface area (Å²) in [5.41, 5.74) is 1.82. The minimum absolute atomic E-state index is 0.567. The van der Waals surface area contributed by atoms with Gasteiger partial charge in [-0.2, -0.15) is 5.26 Å². The Morgan fingerprint density at radius 2 is 2.06 bits per heavy atom. The molecule has 0 atom stereocenters. The van der Waals surface area contributed by atoms with Crippen molar-refractivity contribution in [3.8, 4) is 6.07 Å². The average Bonchev–Trinajstić information content (AvgIpc) is 2.38. The van der Waals surface area contributed by atoms with Crippen molar-refractivity contribution in [3.63, 3.8) is 0 Å². The summed E-state index contributed by atoms with van der Waals surface area (Å²) in [5, 5.41) is 12.3. The first kappa shape index (κ1) is 12.4. The number of nitrogens with zero attached hydrogens (tertiary/aromatic N) is 2. The number of anilines is 1. The number of hydrogen-bond donors (Lipinski definition) is 1. The Hall–Kier alpha value is -1.05. The zero-order valence-electron chi connectivity index (χ0n) is 9.91. The minimum Gasteiger partial charge on any atom is -0.371 e. The molecular weight excluding hydrogens is 278 g/mol. The molecule has 17 heavy (non-hydrogen) atoms. The summed E-state index contributed by atoms with van der Waals surface area (Å²) < 4.78 is 0.965. The Kier molecular flexibility index (Phi) is 4.03. The molecule has 90 valence electrons. The number of nitriles is 1. The van der Waals surface area contributed by atoms with Crippen molar-refractivity contribution in [2.75, 3.05) is 25.0 Å². The molecule has 1 aliphatic rings. The van der Waals surface area contributed by atoms with E-state index in [9.17, 15) is 0 Å². The summed E-state index contributed by atoms with van der Waals surface area (Å²) in [6, 6.07) is 8.63. The number of benzene rings is 1. The summed E-state index contributed by atoms with van der Waals surface area (Å²) in [4.78, 5) is 2.28. The molecule has 1 fully saturated rings. The van der Waals surface area contributed by atoms with Gasteiger partial charge in [0.05, 0.1) is 11.6 Å². The predicted octanol–water partition coefficient (Wildman–Crippen LogP) is 2.51. The van der Waals surface area contributed by atoms with Crippen molar-refractivity contribution in [1.82, 2.24) is 5.32 Å². The van der Waals surface area contributed by atoms with Gasteiger partial charge in [-0.05, 0) is 44.1 Å². The van der Waals surface area contributed by atoms with E-state index in [2.05, 4.69) is 45.3 Å². The second-order valence-electron chi connectivity index (χ2n) is 4.40. The van der Waals surface area contributed by atoms with Gasteiger partial charge in [0.25, 0.3) is 0 Å². The van der Waals surface area contributed by atoms with Gasteiger partial charge in [-0.15, -0.1) is 0 Å². The van der Waals surface area contributed by atoms with Gasteiger partial charge in [0.1, 0.15) is 0 Å². The normalized spacial score (nSPS) is 16.5. The summed E-state index contributed by atoms with van der Waals surface area (Å²) >= 11 is 3.46. The van der Waals surface area contributed by atoms with E-state index >= 15 is 0 Å². The first-order valence-corrected chi connectivity index (χ1v) is 6.64. The summed E-state index contributed by atoms with van der Waals surface area (Å²) in [6.07, 6.45) is 2.32. The van der Waals surface area contributed by atoms with E-state index in [4.69, 9.17) is 5.26 Å². The number of halogens is 1. The molecule has 0 unspecified atom stereocenters. The van der Waals surface area contributed by atoms with Crippen LogP contribution < -0.4 is 10.2 Å². The second-order valence-corrected chi connectivity index (χ2v) is 5.32. The maximum Gasteiger partial charge on any atom is 0.0992 e. The van der Waals surface area contributed by atoms with Crippen molar-refractivity contribution < 1.29 is 0 Å². The zero-order valence-corrected chi connectivity index (χ0v) is 11.5. The highest BCUT2D eigenvalue weighted by Gasteiger charge is 2.18. The molecule has 0 saturated carbocycles. The van der Waals surface area contributed by atoms with E-state index in [-0.39, 0.29) is 0 Å². The van der Waals surface area contributed by atoms with Gasteiger partial charge in [0.15, 0.2) is 0 Å². The highest BCUT2D eigenvalue weighted by Crippen LogP contribution is 2.25. The maximum absolute atomic E-state index is 8.98. The molecule has 1 aliphatic heterocycles.